The summed E-state index contributed by atoms with van der Waals surface area (Å²) in [7, 11) is 7.43. The third-order valence-electron chi connectivity index (χ3n) is 3.61. The van der Waals surface area contributed by atoms with Crippen molar-refractivity contribution in [3.8, 4) is 28.7 Å². The van der Waals surface area contributed by atoms with Crippen LogP contribution < -0.4 is 29.0 Å². The topological polar surface area (TPSA) is 63.2 Å². The van der Waals surface area contributed by atoms with Gasteiger partial charge in [0.05, 0.1) is 40.9 Å². The third-order valence-corrected chi connectivity index (χ3v) is 4.83. The maximum Gasteiger partial charge on any atom is 0.193 e. The van der Waals surface area contributed by atoms with Crippen LogP contribution in [0.3, 0.4) is 0 Å². The summed E-state index contributed by atoms with van der Waals surface area (Å²) in [6, 6.07) is 8.66. The molecule has 1 radical (unpaired) electrons. The largest absolute Gasteiger partial charge is 0.496 e. The summed E-state index contributed by atoms with van der Waals surface area (Å²) in [5.41, 5.74) is 0.252. The molecule has 0 saturated heterocycles. The van der Waals surface area contributed by atoms with Crippen LogP contribution >= 0.6 is 8.58 Å². The van der Waals surface area contributed by atoms with Crippen molar-refractivity contribution in [1.82, 2.24) is 0 Å². The minimum absolute atomic E-state index is 0. The van der Waals surface area contributed by atoms with E-state index in [4.69, 9.17) is 23.7 Å². The van der Waals surface area contributed by atoms with Crippen LogP contribution in [0.4, 0.5) is 0 Å². The monoisotopic (exact) mass is 371 g/mol. The molecule has 2 rings (SSSR count). The van der Waals surface area contributed by atoms with Crippen LogP contribution in [0.15, 0.2) is 30.3 Å². The molecule has 0 fully saturated rings. The zero-order valence-corrected chi connectivity index (χ0v) is 16.8. The standard InChI is InChI=1S/C18H21O6P.Li/c1-20-11-9-14(23-4)17(15(10-11)24-5)25-18(19)16-12(21-2)7-6-8-13(16)22-3;/h6-10,25H,1-5H3;. The molecule has 0 aliphatic heterocycles. The van der Waals surface area contributed by atoms with Gasteiger partial charge in [0.1, 0.15) is 34.3 Å². The maximum atomic E-state index is 13.0. The molecule has 6 nitrogen and oxygen atoms in total. The molecule has 8 heteroatoms. The van der Waals surface area contributed by atoms with Crippen LogP contribution in [-0.2, 0) is 0 Å². The minimum atomic E-state index is -0.241. The second-order valence-corrected chi connectivity index (χ2v) is 6.10. The number of hydrogen-bond donors (Lipinski definition) is 0. The summed E-state index contributed by atoms with van der Waals surface area (Å²) in [6.45, 7) is 0. The number of carbonyl (C=O) groups is 1. The van der Waals surface area contributed by atoms with E-state index in [0.29, 0.717) is 39.6 Å². The van der Waals surface area contributed by atoms with Gasteiger partial charge in [-0.1, -0.05) is 6.07 Å². The number of ether oxygens (including phenoxy) is 5. The quantitative estimate of drug-likeness (QED) is 0.525. The normalized spacial score (nSPS) is 10.2. The van der Waals surface area contributed by atoms with Gasteiger partial charge in [-0.05, 0) is 20.7 Å². The summed E-state index contributed by atoms with van der Waals surface area (Å²) in [5.74, 6) is 2.56. The number of methoxy groups -OCH3 is 5. The van der Waals surface area contributed by atoms with Gasteiger partial charge in [0.2, 0.25) is 0 Å². The van der Waals surface area contributed by atoms with Gasteiger partial charge in [-0.25, -0.2) is 0 Å². The Bertz CT molecular complexity index is 718. The summed E-state index contributed by atoms with van der Waals surface area (Å²) < 4.78 is 26.7. The molecule has 26 heavy (non-hydrogen) atoms. The van der Waals surface area contributed by atoms with Gasteiger partial charge in [0.25, 0.3) is 0 Å². The van der Waals surface area contributed by atoms with E-state index in [2.05, 4.69) is 0 Å². The maximum absolute atomic E-state index is 13.0. The van der Waals surface area contributed by atoms with E-state index < -0.39 is 0 Å². The van der Waals surface area contributed by atoms with Crippen molar-refractivity contribution < 1.29 is 28.5 Å². The fraction of sp³-hybridized carbons (Fsp3) is 0.278. The van der Waals surface area contributed by atoms with Crippen LogP contribution in [0.1, 0.15) is 10.4 Å². The Balaban J connectivity index is 0.00000338. The van der Waals surface area contributed by atoms with Gasteiger partial charge in [-0.3, -0.25) is 4.79 Å². The van der Waals surface area contributed by atoms with Crippen molar-refractivity contribution in [3.05, 3.63) is 35.9 Å². The van der Waals surface area contributed by atoms with Crippen molar-refractivity contribution in [3.63, 3.8) is 0 Å². The Morgan fingerprint density at radius 3 is 1.62 bits per heavy atom. The Hall–Kier alpha value is -1.86. The Labute approximate surface area is 167 Å². The van der Waals surface area contributed by atoms with E-state index in [9.17, 15) is 4.79 Å². The van der Waals surface area contributed by atoms with E-state index in [-0.39, 0.29) is 33.0 Å². The molecule has 0 saturated carbocycles. The molecule has 2 aromatic carbocycles. The number of benzene rings is 2. The average Bonchev–Trinajstić information content (AvgIpc) is 2.66. The molecule has 0 bridgehead atoms. The van der Waals surface area contributed by atoms with E-state index in [0.717, 1.165) is 0 Å². The summed E-state index contributed by atoms with van der Waals surface area (Å²) >= 11 is 0. The molecule has 0 aromatic heterocycles. The molecule has 0 N–H and O–H groups in total. The van der Waals surface area contributed by atoms with E-state index >= 15 is 0 Å². The molecule has 0 heterocycles. The van der Waals surface area contributed by atoms with Gasteiger partial charge in [-0.2, -0.15) is 0 Å². The zero-order chi connectivity index (χ0) is 18.4. The second kappa shape index (κ2) is 10.3. The molecule has 135 valence electrons. The van der Waals surface area contributed by atoms with Crippen molar-refractivity contribution in [2.45, 2.75) is 0 Å². The summed E-state index contributed by atoms with van der Waals surface area (Å²) in [5, 5.41) is 0.656. The Kier molecular flexibility index (Phi) is 8.81. The van der Waals surface area contributed by atoms with Crippen LogP contribution in [-0.4, -0.2) is 59.9 Å². The van der Waals surface area contributed by atoms with Gasteiger partial charge < -0.3 is 23.7 Å². The van der Waals surface area contributed by atoms with Gasteiger partial charge in [0, 0.05) is 31.0 Å². The molecule has 1 atom stereocenters. The van der Waals surface area contributed by atoms with Crippen molar-refractivity contribution in [2.75, 3.05) is 35.5 Å². The van der Waals surface area contributed by atoms with Crippen LogP contribution in [0.25, 0.3) is 0 Å². The fourth-order valence-electron chi connectivity index (χ4n) is 2.38. The van der Waals surface area contributed by atoms with E-state index in [1.807, 2.05) is 0 Å². The van der Waals surface area contributed by atoms with Crippen molar-refractivity contribution >= 4 is 38.3 Å². The van der Waals surface area contributed by atoms with Crippen LogP contribution in [0.2, 0.25) is 0 Å². The second-order valence-electron chi connectivity index (χ2n) is 4.90. The van der Waals surface area contributed by atoms with E-state index in [1.54, 1.807) is 37.4 Å². The molecule has 0 aliphatic rings. The molecular formula is C18H21LiO6P. The van der Waals surface area contributed by atoms with Crippen LogP contribution in [0, 0.1) is 0 Å². The Morgan fingerprint density at radius 2 is 1.23 bits per heavy atom. The average molecular weight is 371 g/mol. The number of rotatable bonds is 8. The van der Waals surface area contributed by atoms with E-state index in [1.165, 1.54) is 28.4 Å². The molecule has 1 unspecified atom stereocenters. The first-order chi connectivity index (χ1) is 12.1. The summed E-state index contributed by atoms with van der Waals surface area (Å²) in [6.07, 6.45) is 0. The number of hydrogen-bond acceptors (Lipinski definition) is 6. The molecule has 0 aliphatic carbocycles. The molecule has 2 aromatic rings. The van der Waals surface area contributed by atoms with Crippen molar-refractivity contribution in [2.24, 2.45) is 0 Å². The van der Waals surface area contributed by atoms with Gasteiger partial charge in [-0.15, -0.1) is 0 Å². The van der Waals surface area contributed by atoms with Gasteiger partial charge >= 0.3 is 0 Å². The third kappa shape index (κ3) is 4.65. The first-order valence-electron chi connectivity index (χ1n) is 7.41. The van der Waals surface area contributed by atoms with Crippen LogP contribution in [0.5, 0.6) is 28.7 Å². The predicted octanol–water partition coefficient (Wildman–Crippen LogP) is 2.49. The molecule has 0 spiro atoms. The predicted molar refractivity (Wildman–Crippen MR) is 104 cm³/mol. The fourth-order valence-corrected chi connectivity index (χ4v) is 3.57. The first-order valence-corrected chi connectivity index (χ1v) is 8.41. The van der Waals surface area contributed by atoms with Crippen molar-refractivity contribution in [1.29, 1.82) is 0 Å². The minimum Gasteiger partial charge on any atom is -0.496 e. The Morgan fingerprint density at radius 1 is 0.769 bits per heavy atom. The smallest absolute Gasteiger partial charge is 0.193 e. The van der Waals surface area contributed by atoms with Gasteiger partial charge in [0.15, 0.2) is 5.52 Å². The zero-order valence-electron chi connectivity index (χ0n) is 15.8. The molecular weight excluding hydrogens is 350 g/mol. The number of carbonyl (C=O) groups excluding carboxylic acids is 1. The molecule has 0 amide bonds. The summed E-state index contributed by atoms with van der Waals surface area (Å²) in [4.78, 5) is 13.0. The first kappa shape index (κ1) is 22.2. The SMILES string of the molecule is COc1cc(OC)c(PC(=O)c2c(OC)cccc2OC)c(OC)c1.[Li].